The van der Waals surface area contributed by atoms with E-state index in [0.29, 0.717) is 30.4 Å². The third kappa shape index (κ3) is 3.92. The summed E-state index contributed by atoms with van der Waals surface area (Å²) in [6.45, 7) is 0.848. The van der Waals surface area contributed by atoms with Crippen LogP contribution in [0.5, 0.6) is 11.5 Å². The number of hydrogen-bond donors (Lipinski definition) is 2. The SMILES string of the molecule is COC(=O)c1cccc(NC(=O)NC(=O)c2ccc3c(c2)OCCO3)c1. The fraction of sp³-hybridized carbons (Fsp3) is 0.167. The van der Waals surface area contributed by atoms with Crippen LogP contribution in [-0.2, 0) is 4.74 Å². The normalized spacial score (nSPS) is 12.0. The Hall–Kier alpha value is -3.55. The van der Waals surface area contributed by atoms with Gasteiger partial charge in [0.1, 0.15) is 13.2 Å². The largest absolute Gasteiger partial charge is 0.486 e. The summed E-state index contributed by atoms with van der Waals surface area (Å²) in [6, 6.07) is 10.1. The van der Waals surface area contributed by atoms with Crippen LogP contribution < -0.4 is 20.1 Å². The summed E-state index contributed by atoms with van der Waals surface area (Å²) in [6.07, 6.45) is 0. The van der Waals surface area contributed by atoms with Gasteiger partial charge in [-0.25, -0.2) is 9.59 Å². The van der Waals surface area contributed by atoms with Gasteiger partial charge in [-0.05, 0) is 36.4 Å². The van der Waals surface area contributed by atoms with Gasteiger partial charge >= 0.3 is 12.0 Å². The van der Waals surface area contributed by atoms with Gasteiger partial charge in [0.05, 0.1) is 12.7 Å². The van der Waals surface area contributed by atoms with Crippen molar-refractivity contribution in [1.82, 2.24) is 5.32 Å². The Bertz CT molecular complexity index is 865. The second-order valence-corrected chi connectivity index (χ2v) is 5.34. The Kier molecular flexibility index (Phi) is 5.02. The molecule has 0 saturated carbocycles. The lowest BCUT2D eigenvalue weighted by atomic mass is 10.2. The third-order valence-corrected chi connectivity index (χ3v) is 3.57. The van der Waals surface area contributed by atoms with Crippen LogP contribution >= 0.6 is 0 Å². The molecule has 8 heteroatoms. The lowest BCUT2D eigenvalue weighted by molar-refractivity contribution is 0.0600. The number of anilines is 1. The summed E-state index contributed by atoms with van der Waals surface area (Å²) >= 11 is 0. The van der Waals surface area contributed by atoms with Crippen LogP contribution in [0.3, 0.4) is 0 Å². The summed E-state index contributed by atoms with van der Waals surface area (Å²) < 4.78 is 15.4. The highest BCUT2D eigenvalue weighted by Crippen LogP contribution is 2.30. The number of fused-ring (bicyclic) bond motifs is 1. The van der Waals surface area contributed by atoms with Crippen LogP contribution in [0.4, 0.5) is 10.5 Å². The molecule has 3 rings (SSSR count). The van der Waals surface area contributed by atoms with Crippen LogP contribution in [-0.4, -0.2) is 38.2 Å². The quantitative estimate of drug-likeness (QED) is 0.818. The van der Waals surface area contributed by atoms with E-state index < -0.39 is 17.9 Å². The molecule has 3 amide bonds. The fourth-order valence-electron chi connectivity index (χ4n) is 2.36. The van der Waals surface area contributed by atoms with E-state index in [4.69, 9.17) is 9.47 Å². The monoisotopic (exact) mass is 356 g/mol. The van der Waals surface area contributed by atoms with E-state index in [1.54, 1.807) is 24.3 Å². The summed E-state index contributed by atoms with van der Waals surface area (Å²) in [5.41, 5.74) is 0.886. The minimum absolute atomic E-state index is 0.257. The minimum Gasteiger partial charge on any atom is -0.486 e. The van der Waals surface area contributed by atoms with Crippen molar-refractivity contribution < 1.29 is 28.6 Å². The van der Waals surface area contributed by atoms with Crippen molar-refractivity contribution in [3.05, 3.63) is 53.6 Å². The van der Waals surface area contributed by atoms with Gasteiger partial charge in [0, 0.05) is 11.3 Å². The highest BCUT2D eigenvalue weighted by Gasteiger charge is 2.17. The van der Waals surface area contributed by atoms with Gasteiger partial charge < -0.3 is 19.5 Å². The Morgan fingerprint density at radius 1 is 0.962 bits per heavy atom. The number of amides is 3. The van der Waals surface area contributed by atoms with E-state index in [0.717, 1.165) is 0 Å². The number of methoxy groups -OCH3 is 1. The molecule has 1 heterocycles. The van der Waals surface area contributed by atoms with Crippen molar-refractivity contribution in [3.63, 3.8) is 0 Å². The molecule has 134 valence electrons. The molecule has 2 aromatic carbocycles. The number of hydrogen-bond acceptors (Lipinski definition) is 6. The number of esters is 1. The molecule has 0 fully saturated rings. The molecule has 0 bridgehead atoms. The highest BCUT2D eigenvalue weighted by molar-refractivity contribution is 6.08. The first-order valence-electron chi connectivity index (χ1n) is 7.77. The smallest absolute Gasteiger partial charge is 0.337 e. The molecular formula is C18H16N2O6. The van der Waals surface area contributed by atoms with Crippen LogP contribution in [0.1, 0.15) is 20.7 Å². The van der Waals surface area contributed by atoms with E-state index in [1.165, 1.54) is 25.3 Å². The van der Waals surface area contributed by atoms with Gasteiger partial charge in [0.15, 0.2) is 11.5 Å². The molecule has 0 unspecified atom stereocenters. The Morgan fingerprint density at radius 2 is 1.73 bits per heavy atom. The van der Waals surface area contributed by atoms with Gasteiger partial charge in [-0.15, -0.1) is 0 Å². The average molecular weight is 356 g/mol. The maximum Gasteiger partial charge on any atom is 0.337 e. The first-order chi connectivity index (χ1) is 12.6. The molecule has 1 aliphatic rings. The van der Waals surface area contributed by atoms with Crippen molar-refractivity contribution in [1.29, 1.82) is 0 Å². The summed E-state index contributed by atoms with van der Waals surface area (Å²) in [5.74, 6) is -0.114. The predicted octanol–water partition coefficient (Wildman–Crippen LogP) is 2.21. The average Bonchev–Trinajstić information content (AvgIpc) is 2.67. The number of benzene rings is 2. The molecule has 0 aromatic heterocycles. The molecule has 0 aliphatic carbocycles. The number of ether oxygens (including phenoxy) is 3. The van der Waals surface area contributed by atoms with Crippen LogP contribution in [0.15, 0.2) is 42.5 Å². The molecule has 0 saturated heterocycles. The molecule has 2 aromatic rings. The number of carbonyl (C=O) groups is 3. The van der Waals surface area contributed by atoms with Crippen LogP contribution in [0.25, 0.3) is 0 Å². The Labute approximate surface area is 149 Å². The lowest BCUT2D eigenvalue weighted by Gasteiger charge is -2.18. The summed E-state index contributed by atoms with van der Waals surface area (Å²) in [4.78, 5) is 35.7. The zero-order valence-electron chi connectivity index (χ0n) is 13.9. The maximum absolute atomic E-state index is 12.2. The maximum atomic E-state index is 12.2. The highest BCUT2D eigenvalue weighted by atomic mass is 16.6. The number of carbonyl (C=O) groups excluding carboxylic acids is 3. The lowest BCUT2D eigenvalue weighted by Crippen LogP contribution is -2.34. The second-order valence-electron chi connectivity index (χ2n) is 5.34. The van der Waals surface area contributed by atoms with E-state index in [-0.39, 0.29) is 11.1 Å². The molecular weight excluding hydrogens is 340 g/mol. The fourth-order valence-corrected chi connectivity index (χ4v) is 2.36. The van der Waals surface area contributed by atoms with Crippen molar-refractivity contribution >= 4 is 23.6 Å². The first kappa shape index (κ1) is 17.3. The van der Waals surface area contributed by atoms with Gasteiger partial charge in [0.2, 0.25) is 0 Å². The summed E-state index contributed by atoms with van der Waals surface area (Å²) in [7, 11) is 1.27. The third-order valence-electron chi connectivity index (χ3n) is 3.57. The van der Waals surface area contributed by atoms with Gasteiger partial charge in [-0.1, -0.05) is 6.07 Å². The molecule has 26 heavy (non-hydrogen) atoms. The zero-order chi connectivity index (χ0) is 18.5. The minimum atomic E-state index is -0.730. The van der Waals surface area contributed by atoms with Crippen molar-refractivity contribution in [2.45, 2.75) is 0 Å². The van der Waals surface area contributed by atoms with Gasteiger partial charge in [-0.2, -0.15) is 0 Å². The van der Waals surface area contributed by atoms with Crippen molar-refractivity contribution in [2.24, 2.45) is 0 Å². The number of urea groups is 1. The summed E-state index contributed by atoms with van der Waals surface area (Å²) in [5, 5.41) is 4.70. The van der Waals surface area contributed by atoms with Crippen molar-refractivity contribution in [2.75, 3.05) is 25.6 Å². The van der Waals surface area contributed by atoms with Gasteiger partial charge in [-0.3, -0.25) is 10.1 Å². The van der Waals surface area contributed by atoms with E-state index in [2.05, 4.69) is 15.4 Å². The molecule has 8 nitrogen and oxygen atoms in total. The van der Waals surface area contributed by atoms with Crippen LogP contribution in [0, 0.1) is 0 Å². The number of rotatable bonds is 3. The first-order valence-corrected chi connectivity index (χ1v) is 7.77. The predicted molar refractivity (Wildman–Crippen MR) is 91.7 cm³/mol. The zero-order valence-corrected chi connectivity index (χ0v) is 13.9. The number of nitrogens with one attached hydrogen (secondary N) is 2. The standard InChI is InChI=1S/C18H16N2O6/c1-24-17(22)12-3-2-4-13(9-12)19-18(23)20-16(21)11-5-6-14-15(10-11)26-8-7-25-14/h2-6,9-10H,7-8H2,1H3,(H2,19,20,21,23). The Morgan fingerprint density at radius 3 is 2.50 bits per heavy atom. The topological polar surface area (TPSA) is 103 Å². The molecule has 0 spiro atoms. The van der Waals surface area contributed by atoms with Gasteiger partial charge in [0.25, 0.3) is 5.91 Å². The molecule has 0 atom stereocenters. The number of imide groups is 1. The second kappa shape index (κ2) is 7.56. The molecule has 2 N–H and O–H groups in total. The Balaban J connectivity index is 1.64. The van der Waals surface area contributed by atoms with E-state index in [1.807, 2.05) is 0 Å². The van der Waals surface area contributed by atoms with Crippen molar-refractivity contribution in [3.8, 4) is 11.5 Å². The van der Waals surface area contributed by atoms with Crippen LogP contribution in [0.2, 0.25) is 0 Å². The molecule has 1 aliphatic heterocycles. The molecule has 0 radical (unpaired) electrons. The van der Waals surface area contributed by atoms with E-state index >= 15 is 0 Å². The van der Waals surface area contributed by atoms with E-state index in [9.17, 15) is 14.4 Å².